The summed E-state index contributed by atoms with van der Waals surface area (Å²) in [6, 6.07) is 5.58. The molecule has 0 aromatic heterocycles. The summed E-state index contributed by atoms with van der Waals surface area (Å²) in [5.41, 5.74) is -0.576. The number of rotatable bonds is 4. The lowest BCUT2D eigenvalue weighted by atomic mass is 9.77. The van der Waals surface area contributed by atoms with Crippen LogP contribution in [0.4, 0.5) is 0 Å². The van der Waals surface area contributed by atoms with E-state index in [2.05, 4.69) is 6.92 Å². The minimum atomic E-state index is -0.985. The predicted octanol–water partition coefficient (Wildman–Crippen LogP) is 2.87. The Morgan fingerprint density at radius 3 is 2.35 bits per heavy atom. The number of methoxy groups -OCH3 is 2. The lowest BCUT2D eigenvalue weighted by Crippen LogP contribution is -2.45. The van der Waals surface area contributed by atoms with Gasteiger partial charge in [-0.3, -0.25) is 0 Å². The average molecular weight is 280 g/mol. The van der Waals surface area contributed by atoms with Gasteiger partial charge in [-0.25, -0.2) is 0 Å². The Kier molecular flexibility index (Phi) is 4.25. The zero-order valence-corrected chi connectivity index (χ0v) is 12.7. The molecule has 4 heteroatoms. The fraction of sp³-hybridized carbons (Fsp3) is 0.625. The minimum Gasteiger partial charge on any atom is -0.496 e. The molecule has 0 saturated carbocycles. The summed E-state index contributed by atoms with van der Waals surface area (Å²) in [5.74, 6) is 1.32. The second-order valence-corrected chi connectivity index (χ2v) is 5.65. The van der Waals surface area contributed by atoms with Gasteiger partial charge in [0.15, 0.2) is 0 Å². The highest BCUT2D eigenvalue weighted by atomic mass is 16.5. The van der Waals surface area contributed by atoms with E-state index in [1.165, 1.54) is 0 Å². The number of hydrogen-bond donors (Lipinski definition) is 1. The summed E-state index contributed by atoms with van der Waals surface area (Å²) < 4.78 is 16.7. The largest absolute Gasteiger partial charge is 0.496 e. The Morgan fingerprint density at radius 1 is 1.25 bits per heavy atom. The van der Waals surface area contributed by atoms with E-state index in [1.54, 1.807) is 14.2 Å². The molecular formula is C16H24O4. The van der Waals surface area contributed by atoms with E-state index >= 15 is 0 Å². The zero-order valence-electron chi connectivity index (χ0n) is 12.7. The Balaban J connectivity index is 2.48. The first-order valence-corrected chi connectivity index (χ1v) is 7.06. The highest BCUT2D eigenvalue weighted by molar-refractivity contribution is 5.49. The minimum absolute atomic E-state index is 0.321. The molecule has 2 atom stereocenters. The van der Waals surface area contributed by atoms with Gasteiger partial charge in [-0.2, -0.15) is 0 Å². The highest BCUT2D eigenvalue weighted by Crippen LogP contribution is 2.47. The fourth-order valence-electron chi connectivity index (χ4n) is 2.97. The molecule has 0 aliphatic carbocycles. The second kappa shape index (κ2) is 5.62. The molecule has 2 unspecified atom stereocenters. The van der Waals surface area contributed by atoms with Crippen LogP contribution >= 0.6 is 0 Å². The first-order valence-electron chi connectivity index (χ1n) is 7.06. The van der Waals surface area contributed by atoms with Crippen LogP contribution < -0.4 is 9.47 Å². The Hall–Kier alpha value is -1.26. The van der Waals surface area contributed by atoms with Crippen LogP contribution in [-0.2, 0) is 10.3 Å². The number of hydrogen-bond acceptors (Lipinski definition) is 4. The zero-order chi connectivity index (χ0) is 14.8. The van der Waals surface area contributed by atoms with Gasteiger partial charge in [0.1, 0.15) is 17.1 Å². The van der Waals surface area contributed by atoms with Crippen molar-refractivity contribution in [1.82, 2.24) is 0 Å². The van der Waals surface area contributed by atoms with Crippen LogP contribution in [-0.4, -0.2) is 31.5 Å². The molecule has 4 nitrogen and oxygen atoms in total. The molecule has 0 spiro atoms. The smallest absolute Gasteiger partial charge is 0.128 e. The van der Waals surface area contributed by atoms with E-state index in [-0.39, 0.29) is 5.60 Å². The monoisotopic (exact) mass is 280 g/mol. The molecule has 0 amide bonds. The van der Waals surface area contributed by atoms with Crippen molar-refractivity contribution in [3.8, 4) is 11.5 Å². The Labute approximate surface area is 120 Å². The summed E-state index contributed by atoms with van der Waals surface area (Å²) in [6.07, 6.45) is 1.93. The maximum Gasteiger partial charge on any atom is 0.128 e. The molecule has 1 aromatic rings. The van der Waals surface area contributed by atoms with Crippen LogP contribution in [0.3, 0.4) is 0 Å². The van der Waals surface area contributed by atoms with Crippen molar-refractivity contribution in [2.24, 2.45) is 0 Å². The third-order valence-electron chi connectivity index (χ3n) is 4.27. The molecule has 1 saturated heterocycles. The molecule has 112 valence electrons. The predicted molar refractivity (Wildman–Crippen MR) is 77.3 cm³/mol. The van der Waals surface area contributed by atoms with E-state index in [1.807, 2.05) is 25.1 Å². The summed E-state index contributed by atoms with van der Waals surface area (Å²) in [5, 5.41) is 11.2. The van der Waals surface area contributed by atoms with Crippen molar-refractivity contribution in [3.63, 3.8) is 0 Å². The molecule has 0 radical (unpaired) electrons. The molecular weight excluding hydrogens is 256 g/mol. The Morgan fingerprint density at radius 2 is 1.85 bits per heavy atom. The summed E-state index contributed by atoms with van der Waals surface area (Å²) in [6.45, 7) is 4.65. The van der Waals surface area contributed by atoms with Crippen molar-refractivity contribution in [2.45, 2.75) is 44.3 Å². The van der Waals surface area contributed by atoms with Gasteiger partial charge < -0.3 is 19.3 Å². The average Bonchev–Trinajstić information content (AvgIpc) is 2.46. The summed E-state index contributed by atoms with van der Waals surface area (Å²) in [7, 11) is 3.22. The van der Waals surface area contributed by atoms with Crippen molar-refractivity contribution < 1.29 is 19.3 Å². The lowest BCUT2D eigenvalue weighted by molar-refractivity contribution is -0.158. The van der Waals surface area contributed by atoms with Crippen LogP contribution in [0.5, 0.6) is 11.5 Å². The fourth-order valence-corrected chi connectivity index (χ4v) is 2.97. The number of benzene rings is 1. The second-order valence-electron chi connectivity index (χ2n) is 5.65. The van der Waals surface area contributed by atoms with E-state index in [4.69, 9.17) is 14.2 Å². The van der Waals surface area contributed by atoms with E-state index in [0.29, 0.717) is 30.9 Å². The van der Waals surface area contributed by atoms with Crippen LogP contribution in [0.1, 0.15) is 38.7 Å². The van der Waals surface area contributed by atoms with Crippen LogP contribution in [0.2, 0.25) is 0 Å². The standard InChI is InChI=1S/C16H24O4/c1-5-15(2)11-16(17,9-10-20-15)14-12(18-3)7-6-8-13(14)19-4/h6-8,17H,5,9-11H2,1-4H3. The number of aliphatic hydroxyl groups is 1. The van der Waals surface area contributed by atoms with Crippen molar-refractivity contribution in [1.29, 1.82) is 0 Å². The van der Waals surface area contributed by atoms with Crippen molar-refractivity contribution in [3.05, 3.63) is 23.8 Å². The molecule has 2 rings (SSSR count). The maximum atomic E-state index is 11.2. The first kappa shape index (κ1) is 15.1. The van der Waals surface area contributed by atoms with E-state index in [9.17, 15) is 5.11 Å². The van der Waals surface area contributed by atoms with E-state index in [0.717, 1.165) is 12.0 Å². The van der Waals surface area contributed by atoms with E-state index < -0.39 is 5.60 Å². The number of ether oxygens (including phenoxy) is 3. The van der Waals surface area contributed by atoms with Gasteiger partial charge in [-0.05, 0) is 25.5 Å². The molecule has 1 aromatic carbocycles. The van der Waals surface area contributed by atoms with Gasteiger partial charge in [0.2, 0.25) is 0 Å². The van der Waals surface area contributed by atoms with Gasteiger partial charge in [-0.1, -0.05) is 13.0 Å². The molecule has 1 N–H and O–H groups in total. The molecule has 0 bridgehead atoms. The van der Waals surface area contributed by atoms with Crippen molar-refractivity contribution in [2.75, 3.05) is 20.8 Å². The van der Waals surface area contributed by atoms with Gasteiger partial charge >= 0.3 is 0 Å². The Bertz CT molecular complexity index is 451. The van der Waals surface area contributed by atoms with Gasteiger partial charge in [0.05, 0.1) is 32.0 Å². The molecule has 1 aliphatic heterocycles. The third kappa shape index (κ3) is 2.63. The third-order valence-corrected chi connectivity index (χ3v) is 4.27. The highest BCUT2D eigenvalue weighted by Gasteiger charge is 2.45. The quantitative estimate of drug-likeness (QED) is 0.921. The molecule has 20 heavy (non-hydrogen) atoms. The normalized spacial score (nSPS) is 30.1. The maximum absolute atomic E-state index is 11.2. The summed E-state index contributed by atoms with van der Waals surface area (Å²) in [4.78, 5) is 0. The van der Waals surface area contributed by atoms with Crippen LogP contribution in [0.15, 0.2) is 18.2 Å². The molecule has 1 aliphatic rings. The SMILES string of the molecule is CCC1(C)CC(O)(c2c(OC)cccc2OC)CCO1. The lowest BCUT2D eigenvalue weighted by Gasteiger charge is -2.44. The van der Waals surface area contributed by atoms with Gasteiger partial charge in [-0.15, -0.1) is 0 Å². The topological polar surface area (TPSA) is 47.9 Å². The van der Waals surface area contributed by atoms with Crippen LogP contribution in [0, 0.1) is 0 Å². The van der Waals surface area contributed by atoms with Crippen molar-refractivity contribution >= 4 is 0 Å². The van der Waals surface area contributed by atoms with Crippen LogP contribution in [0.25, 0.3) is 0 Å². The summed E-state index contributed by atoms with van der Waals surface area (Å²) >= 11 is 0. The molecule has 1 fully saturated rings. The molecule has 1 heterocycles. The van der Waals surface area contributed by atoms with Gasteiger partial charge in [0.25, 0.3) is 0 Å². The first-order chi connectivity index (χ1) is 9.48. The van der Waals surface area contributed by atoms with Gasteiger partial charge in [0, 0.05) is 12.8 Å².